The number of carbonyl (C=O) groups excluding carboxylic acids is 2. The van der Waals surface area contributed by atoms with Crippen LogP contribution in [0, 0.1) is 23.2 Å². The zero-order chi connectivity index (χ0) is 21.7. The van der Waals surface area contributed by atoms with Crippen molar-refractivity contribution in [2.75, 3.05) is 26.4 Å². The maximum absolute atomic E-state index is 12.2. The Balaban J connectivity index is 1.63. The van der Waals surface area contributed by atoms with E-state index in [1.807, 2.05) is 27.7 Å². The number of hydrogen-bond donors (Lipinski definition) is 1. The molecule has 0 heterocycles. The molecule has 4 atom stereocenters. The Kier molecular flexibility index (Phi) is 8.14. The zero-order valence-corrected chi connectivity index (χ0v) is 19.2. The summed E-state index contributed by atoms with van der Waals surface area (Å²) in [4.78, 5) is 22.6. The summed E-state index contributed by atoms with van der Waals surface area (Å²) < 4.78 is 17.2. The van der Waals surface area contributed by atoms with Crippen molar-refractivity contribution in [3.8, 4) is 0 Å². The lowest BCUT2D eigenvalue weighted by Crippen LogP contribution is -2.42. The van der Waals surface area contributed by atoms with Gasteiger partial charge in [0.15, 0.2) is 0 Å². The van der Waals surface area contributed by atoms with Crippen molar-refractivity contribution >= 4 is 12.4 Å². The minimum Gasteiger partial charge on any atom is -0.449 e. The van der Waals surface area contributed by atoms with E-state index in [1.54, 1.807) is 0 Å². The van der Waals surface area contributed by atoms with Crippen molar-refractivity contribution in [1.29, 1.82) is 0 Å². The number of nitrogens with one attached hydrogen (secondary N) is 1. The van der Waals surface area contributed by atoms with Crippen LogP contribution in [0.25, 0.3) is 0 Å². The number of carbonyl (C=O) groups is 2. The lowest BCUT2D eigenvalue weighted by Gasteiger charge is -2.29. The molecule has 168 valence electrons. The summed E-state index contributed by atoms with van der Waals surface area (Å²) in [7, 11) is 0. The summed E-state index contributed by atoms with van der Waals surface area (Å²) in [5, 5.41) is 2.85. The molecule has 0 aliphatic heterocycles. The van der Waals surface area contributed by atoms with Gasteiger partial charge in [0.2, 0.25) is 0 Å². The molecule has 6 nitrogen and oxygen atoms in total. The number of hydrogen-bond acceptors (Lipinski definition) is 5. The van der Waals surface area contributed by atoms with Gasteiger partial charge in [-0.15, -0.1) is 0 Å². The van der Waals surface area contributed by atoms with Crippen molar-refractivity contribution in [3.05, 3.63) is 0 Å². The second kappa shape index (κ2) is 9.78. The molecular weight excluding hydrogens is 370 g/mol. The Morgan fingerprint density at radius 2 is 1.76 bits per heavy atom. The maximum atomic E-state index is 12.2. The SMILES string of the molecule is CCCC1C2C(CC)C12COC(=O)NCC(C)(C)OCCC(C)(C)OCCC=O. The van der Waals surface area contributed by atoms with Crippen LogP contribution in [0.15, 0.2) is 0 Å². The molecule has 0 radical (unpaired) electrons. The maximum Gasteiger partial charge on any atom is 0.407 e. The Morgan fingerprint density at radius 1 is 1.07 bits per heavy atom. The van der Waals surface area contributed by atoms with Crippen LogP contribution in [-0.2, 0) is 19.0 Å². The van der Waals surface area contributed by atoms with Gasteiger partial charge in [0, 0.05) is 18.4 Å². The second-order valence-corrected chi connectivity index (χ2v) is 9.90. The van der Waals surface area contributed by atoms with E-state index in [0.29, 0.717) is 44.6 Å². The highest BCUT2D eigenvalue weighted by Crippen LogP contribution is 2.86. The zero-order valence-electron chi connectivity index (χ0n) is 19.2. The van der Waals surface area contributed by atoms with E-state index >= 15 is 0 Å². The van der Waals surface area contributed by atoms with Gasteiger partial charge in [0.1, 0.15) is 6.29 Å². The average Bonchev–Trinajstić information content (AvgIpc) is 3.50. The highest BCUT2D eigenvalue weighted by Gasteiger charge is 2.84. The molecule has 2 aliphatic carbocycles. The number of alkyl carbamates (subject to hydrolysis) is 1. The number of rotatable bonds is 15. The lowest BCUT2D eigenvalue weighted by atomic mass is 9.91. The van der Waals surface area contributed by atoms with Crippen LogP contribution in [0.3, 0.4) is 0 Å². The molecule has 2 fully saturated rings. The highest BCUT2D eigenvalue weighted by molar-refractivity contribution is 5.67. The van der Waals surface area contributed by atoms with Crippen LogP contribution in [0.4, 0.5) is 4.79 Å². The van der Waals surface area contributed by atoms with Crippen molar-refractivity contribution in [2.24, 2.45) is 23.2 Å². The molecule has 0 saturated heterocycles. The molecule has 2 saturated carbocycles. The summed E-state index contributed by atoms with van der Waals surface area (Å²) in [5.74, 6) is 2.31. The third-order valence-corrected chi connectivity index (χ3v) is 6.73. The quantitative estimate of drug-likeness (QED) is 0.320. The van der Waals surface area contributed by atoms with E-state index in [9.17, 15) is 9.59 Å². The topological polar surface area (TPSA) is 73.9 Å². The Hall–Kier alpha value is -1.14. The molecular formula is C23H41NO5. The molecule has 0 bridgehead atoms. The van der Waals surface area contributed by atoms with Crippen LogP contribution in [0.2, 0.25) is 0 Å². The van der Waals surface area contributed by atoms with Crippen molar-refractivity contribution in [1.82, 2.24) is 5.32 Å². The van der Waals surface area contributed by atoms with E-state index in [1.165, 1.54) is 19.3 Å². The molecule has 0 aromatic carbocycles. The first-order chi connectivity index (χ1) is 13.6. The molecule has 1 N–H and O–H groups in total. The standard InChI is InChI=1S/C23H41NO5/c1-7-10-18-19-17(8-2)23(18,19)16-27-20(26)24-15-22(5,6)29-14-11-21(3,4)28-13-9-12-25/h12,17-19H,7-11,13-16H2,1-6H3,(H,24,26). The minimum atomic E-state index is -0.491. The number of aldehydes is 1. The van der Waals surface area contributed by atoms with Crippen molar-refractivity contribution in [3.63, 3.8) is 0 Å². The molecule has 1 amide bonds. The molecule has 4 unspecified atom stereocenters. The van der Waals surface area contributed by atoms with Crippen LogP contribution < -0.4 is 5.32 Å². The van der Waals surface area contributed by atoms with Crippen LogP contribution in [-0.4, -0.2) is 49.9 Å². The fourth-order valence-electron chi connectivity index (χ4n) is 4.89. The number of amides is 1. The van der Waals surface area contributed by atoms with Gasteiger partial charge in [0.05, 0.1) is 31.0 Å². The summed E-state index contributed by atoms with van der Waals surface area (Å²) in [6, 6.07) is 0. The van der Waals surface area contributed by atoms with Crippen LogP contribution in [0.1, 0.15) is 73.6 Å². The van der Waals surface area contributed by atoms with Gasteiger partial charge >= 0.3 is 6.09 Å². The average molecular weight is 412 g/mol. The monoisotopic (exact) mass is 411 g/mol. The summed E-state index contributed by atoms with van der Waals surface area (Å²) >= 11 is 0. The van der Waals surface area contributed by atoms with E-state index in [2.05, 4.69) is 19.2 Å². The number of ether oxygens (including phenoxy) is 3. The van der Waals surface area contributed by atoms with Crippen LogP contribution >= 0.6 is 0 Å². The van der Waals surface area contributed by atoms with Gasteiger partial charge in [0.25, 0.3) is 0 Å². The first-order valence-electron chi connectivity index (χ1n) is 11.3. The third kappa shape index (κ3) is 6.17. The molecule has 0 aromatic rings. The molecule has 0 spiro atoms. The van der Waals surface area contributed by atoms with E-state index in [4.69, 9.17) is 14.2 Å². The third-order valence-electron chi connectivity index (χ3n) is 6.73. The van der Waals surface area contributed by atoms with E-state index in [0.717, 1.165) is 24.0 Å². The largest absolute Gasteiger partial charge is 0.449 e. The summed E-state index contributed by atoms with van der Waals surface area (Å²) in [6.07, 6.45) is 5.27. The van der Waals surface area contributed by atoms with Crippen molar-refractivity contribution < 1.29 is 23.8 Å². The second-order valence-electron chi connectivity index (χ2n) is 9.90. The summed E-state index contributed by atoms with van der Waals surface area (Å²) in [6.45, 7) is 14.2. The van der Waals surface area contributed by atoms with Crippen molar-refractivity contribution in [2.45, 2.75) is 84.8 Å². The van der Waals surface area contributed by atoms with Gasteiger partial charge in [-0.3, -0.25) is 0 Å². The predicted octanol–water partition coefficient (Wildman–Crippen LogP) is 4.35. The highest BCUT2D eigenvalue weighted by atomic mass is 16.6. The van der Waals surface area contributed by atoms with Gasteiger partial charge < -0.3 is 24.3 Å². The predicted molar refractivity (Wildman–Crippen MR) is 113 cm³/mol. The van der Waals surface area contributed by atoms with Gasteiger partial charge in [-0.1, -0.05) is 26.7 Å². The van der Waals surface area contributed by atoms with E-state index in [-0.39, 0.29) is 11.7 Å². The fraction of sp³-hybridized carbons (Fsp3) is 0.913. The Morgan fingerprint density at radius 3 is 2.38 bits per heavy atom. The normalized spacial score (nSPS) is 27.9. The van der Waals surface area contributed by atoms with Gasteiger partial charge in [-0.05, 0) is 58.3 Å². The van der Waals surface area contributed by atoms with Gasteiger partial charge in [-0.25, -0.2) is 4.79 Å². The summed E-state index contributed by atoms with van der Waals surface area (Å²) in [5.41, 5.74) is -0.543. The molecule has 6 heteroatoms. The first-order valence-corrected chi connectivity index (χ1v) is 11.3. The van der Waals surface area contributed by atoms with Crippen LogP contribution in [0.5, 0.6) is 0 Å². The Bertz CT molecular complexity index is 555. The molecule has 2 rings (SSSR count). The minimum absolute atomic E-state index is 0.295. The number of fused-ring (bicyclic) bond motifs is 1. The van der Waals surface area contributed by atoms with E-state index < -0.39 is 5.60 Å². The Labute approximate surface area is 176 Å². The smallest absolute Gasteiger partial charge is 0.407 e. The van der Waals surface area contributed by atoms with Gasteiger partial charge in [-0.2, -0.15) is 0 Å². The molecule has 29 heavy (non-hydrogen) atoms. The lowest BCUT2D eigenvalue weighted by molar-refractivity contribution is -0.111. The molecule has 0 aromatic heterocycles. The first kappa shape index (κ1) is 24.1. The fourth-order valence-corrected chi connectivity index (χ4v) is 4.89. The molecule has 2 aliphatic rings.